The third-order valence-electron chi connectivity index (χ3n) is 2.43. The molecule has 116 valence electrons. The van der Waals surface area contributed by atoms with Crippen LogP contribution < -0.4 is 5.32 Å². The highest BCUT2D eigenvalue weighted by Crippen LogP contribution is 2.09. The van der Waals surface area contributed by atoms with Crippen LogP contribution in [0.1, 0.15) is 59.8 Å². The van der Waals surface area contributed by atoms with Crippen LogP contribution in [0.2, 0.25) is 0 Å². The molecule has 0 aliphatic carbocycles. The summed E-state index contributed by atoms with van der Waals surface area (Å²) in [6.45, 7) is 7.11. The van der Waals surface area contributed by atoms with E-state index in [-0.39, 0.29) is 18.7 Å². The molecule has 20 heavy (non-hydrogen) atoms. The summed E-state index contributed by atoms with van der Waals surface area (Å²) in [5.41, 5.74) is -0.675. The largest absolute Gasteiger partial charge is 0.480 e. The van der Waals surface area contributed by atoms with Crippen molar-refractivity contribution >= 4 is 17.8 Å². The molecule has 6 heteroatoms. The number of hydrogen-bond acceptors (Lipinski definition) is 4. The lowest BCUT2D eigenvalue weighted by Crippen LogP contribution is -2.43. The van der Waals surface area contributed by atoms with E-state index in [4.69, 9.17) is 9.84 Å². The second kappa shape index (κ2) is 8.55. The summed E-state index contributed by atoms with van der Waals surface area (Å²) < 4.78 is 5.04. The molecule has 0 aromatic carbocycles. The molecule has 6 nitrogen and oxygen atoms in total. The Bertz CT molecular complexity index is 346. The number of carboxylic acid groups (broad SMARTS) is 1. The monoisotopic (exact) mass is 287 g/mol. The van der Waals surface area contributed by atoms with Crippen molar-refractivity contribution in [2.75, 3.05) is 0 Å². The summed E-state index contributed by atoms with van der Waals surface area (Å²) in [5.74, 6) is -2.23. The highest BCUT2D eigenvalue weighted by molar-refractivity contribution is 5.87. The fraction of sp³-hybridized carbons (Fsp3) is 0.786. The molecule has 2 N–H and O–H groups in total. The minimum absolute atomic E-state index is 0.270. The minimum Gasteiger partial charge on any atom is -0.480 e. The van der Waals surface area contributed by atoms with Crippen LogP contribution >= 0.6 is 0 Å². The number of unbranched alkanes of at least 4 members (excludes halogenated alkanes) is 2. The molecule has 0 spiro atoms. The predicted molar refractivity (Wildman–Crippen MR) is 74.2 cm³/mol. The number of esters is 1. The Morgan fingerprint density at radius 2 is 1.80 bits per heavy atom. The number of nitrogens with one attached hydrogen (secondary N) is 1. The van der Waals surface area contributed by atoms with Gasteiger partial charge in [0, 0.05) is 6.42 Å². The van der Waals surface area contributed by atoms with Gasteiger partial charge in [-0.1, -0.05) is 19.8 Å². The van der Waals surface area contributed by atoms with Crippen molar-refractivity contribution in [1.82, 2.24) is 5.32 Å². The van der Waals surface area contributed by atoms with Gasteiger partial charge in [0.25, 0.3) is 0 Å². The zero-order valence-electron chi connectivity index (χ0n) is 12.7. The lowest BCUT2D eigenvalue weighted by Gasteiger charge is -2.21. The third kappa shape index (κ3) is 9.35. The van der Waals surface area contributed by atoms with Crippen LogP contribution in [0.4, 0.5) is 0 Å². The Kier molecular flexibility index (Phi) is 7.87. The molecule has 0 heterocycles. The molecule has 0 bridgehead atoms. The van der Waals surface area contributed by atoms with E-state index in [2.05, 4.69) is 5.32 Å². The summed E-state index contributed by atoms with van der Waals surface area (Å²) in [4.78, 5) is 34.2. The van der Waals surface area contributed by atoms with Crippen molar-refractivity contribution in [3.63, 3.8) is 0 Å². The van der Waals surface area contributed by atoms with Crippen molar-refractivity contribution in [1.29, 1.82) is 0 Å². The second-order valence-electron chi connectivity index (χ2n) is 5.71. The van der Waals surface area contributed by atoms with E-state index in [1.54, 1.807) is 20.8 Å². The van der Waals surface area contributed by atoms with Crippen LogP contribution in [0.15, 0.2) is 0 Å². The van der Waals surface area contributed by atoms with Gasteiger partial charge >= 0.3 is 11.9 Å². The second-order valence-corrected chi connectivity index (χ2v) is 5.71. The van der Waals surface area contributed by atoms with Crippen LogP contribution in [0, 0.1) is 0 Å². The highest BCUT2D eigenvalue weighted by atomic mass is 16.6. The normalized spacial score (nSPS) is 12.6. The van der Waals surface area contributed by atoms with Gasteiger partial charge in [-0.15, -0.1) is 0 Å². The average molecular weight is 287 g/mol. The number of carboxylic acids is 1. The summed E-state index contributed by atoms with van der Waals surface area (Å²) in [7, 11) is 0. The van der Waals surface area contributed by atoms with Gasteiger partial charge in [-0.05, 0) is 27.2 Å². The van der Waals surface area contributed by atoms with Crippen molar-refractivity contribution in [2.45, 2.75) is 71.4 Å². The summed E-state index contributed by atoms with van der Waals surface area (Å²) in [6.07, 6.45) is 2.50. The lowest BCUT2D eigenvalue weighted by molar-refractivity contribution is -0.158. The topological polar surface area (TPSA) is 92.7 Å². The Labute approximate surface area is 119 Å². The highest BCUT2D eigenvalue weighted by Gasteiger charge is 2.26. The van der Waals surface area contributed by atoms with E-state index in [0.717, 1.165) is 12.8 Å². The van der Waals surface area contributed by atoms with E-state index in [1.807, 2.05) is 6.92 Å². The Hall–Kier alpha value is -1.59. The van der Waals surface area contributed by atoms with Gasteiger partial charge in [-0.3, -0.25) is 9.59 Å². The maximum Gasteiger partial charge on any atom is 0.326 e. The van der Waals surface area contributed by atoms with Gasteiger partial charge in [0.05, 0.1) is 6.42 Å². The molecule has 0 aromatic rings. The van der Waals surface area contributed by atoms with Crippen LogP contribution in [0.5, 0.6) is 0 Å². The molecule has 0 saturated heterocycles. The van der Waals surface area contributed by atoms with Crippen molar-refractivity contribution in [2.24, 2.45) is 0 Å². The zero-order chi connectivity index (χ0) is 15.8. The number of hydrogen-bond donors (Lipinski definition) is 2. The molecule has 1 atom stereocenters. The Balaban J connectivity index is 4.33. The Morgan fingerprint density at radius 3 is 2.25 bits per heavy atom. The molecular weight excluding hydrogens is 262 g/mol. The molecule has 0 aliphatic rings. The molecule has 0 rings (SSSR count). The zero-order valence-corrected chi connectivity index (χ0v) is 12.7. The molecular formula is C14H25NO5. The van der Waals surface area contributed by atoms with Crippen molar-refractivity contribution < 1.29 is 24.2 Å². The van der Waals surface area contributed by atoms with Gasteiger partial charge in [0.1, 0.15) is 11.6 Å². The molecule has 0 saturated carbocycles. The fourth-order valence-corrected chi connectivity index (χ4v) is 1.55. The first-order chi connectivity index (χ1) is 9.15. The molecule has 0 fully saturated rings. The number of ether oxygens (including phenoxy) is 1. The van der Waals surface area contributed by atoms with E-state index in [1.165, 1.54) is 0 Å². The van der Waals surface area contributed by atoms with Crippen molar-refractivity contribution in [3.8, 4) is 0 Å². The fourth-order valence-electron chi connectivity index (χ4n) is 1.55. The standard InChI is InChI=1S/C14H25NO5/c1-5-6-7-8-11(16)15-10(13(18)19)9-12(17)20-14(2,3)4/h10H,5-9H2,1-4H3,(H,15,16)(H,18,19)/t10-/m0/s1. The number of aliphatic carboxylic acids is 1. The average Bonchev–Trinajstić information content (AvgIpc) is 2.25. The van der Waals surface area contributed by atoms with E-state index < -0.39 is 23.6 Å². The quantitative estimate of drug-likeness (QED) is 0.525. The summed E-state index contributed by atoms with van der Waals surface area (Å²) in [6, 6.07) is -1.24. The predicted octanol–water partition coefficient (Wildman–Crippen LogP) is 1.87. The number of carbonyl (C=O) groups excluding carboxylic acids is 2. The van der Waals surface area contributed by atoms with Crippen molar-refractivity contribution in [3.05, 3.63) is 0 Å². The number of rotatable bonds is 8. The van der Waals surface area contributed by atoms with Gasteiger partial charge < -0.3 is 15.2 Å². The van der Waals surface area contributed by atoms with Crippen LogP contribution in [-0.4, -0.2) is 34.6 Å². The van der Waals surface area contributed by atoms with Crippen LogP contribution in [0.25, 0.3) is 0 Å². The van der Waals surface area contributed by atoms with E-state index >= 15 is 0 Å². The first kappa shape index (κ1) is 18.4. The molecule has 0 aliphatic heterocycles. The maximum atomic E-state index is 11.6. The first-order valence-electron chi connectivity index (χ1n) is 6.89. The van der Waals surface area contributed by atoms with Gasteiger partial charge in [0.15, 0.2) is 0 Å². The van der Waals surface area contributed by atoms with Gasteiger partial charge in [-0.2, -0.15) is 0 Å². The number of carbonyl (C=O) groups is 3. The minimum atomic E-state index is -1.24. The van der Waals surface area contributed by atoms with Gasteiger partial charge in [-0.25, -0.2) is 4.79 Å². The van der Waals surface area contributed by atoms with E-state index in [0.29, 0.717) is 6.42 Å². The Morgan fingerprint density at radius 1 is 1.20 bits per heavy atom. The third-order valence-corrected chi connectivity index (χ3v) is 2.43. The van der Waals surface area contributed by atoms with E-state index in [9.17, 15) is 14.4 Å². The molecule has 0 aromatic heterocycles. The molecule has 0 unspecified atom stereocenters. The van der Waals surface area contributed by atoms with Crippen LogP contribution in [0.3, 0.4) is 0 Å². The first-order valence-corrected chi connectivity index (χ1v) is 6.89. The smallest absolute Gasteiger partial charge is 0.326 e. The molecule has 1 amide bonds. The lowest BCUT2D eigenvalue weighted by atomic mass is 10.1. The summed E-state index contributed by atoms with van der Waals surface area (Å²) in [5, 5.41) is 11.4. The summed E-state index contributed by atoms with van der Waals surface area (Å²) >= 11 is 0. The molecule has 0 radical (unpaired) electrons. The van der Waals surface area contributed by atoms with Gasteiger partial charge in [0.2, 0.25) is 5.91 Å². The SMILES string of the molecule is CCCCCC(=O)N[C@@H](CC(=O)OC(C)(C)C)C(=O)O. The van der Waals surface area contributed by atoms with Crippen LogP contribution in [-0.2, 0) is 19.1 Å². The number of amides is 1. The maximum absolute atomic E-state index is 11.6.